The SMILES string of the molecule is N#CC(=Cc1ccc(-c2ccc(Cl)cc2Cl)o1)C(=O)Nc1ncc(Cc2cccc(Cl)c2)s1. The zero-order valence-electron chi connectivity index (χ0n) is 16.8. The molecule has 0 saturated carbocycles. The second-order valence-electron chi connectivity index (χ2n) is 6.89. The van der Waals surface area contributed by atoms with Crippen LogP contribution in [0.4, 0.5) is 5.13 Å². The first-order valence-corrected chi connectivity index (χ1v) is 11.5. The molecule has 0 aliphatic carbocycles. The van der Waals surface area contributed by atoms with E-state index >= 15 is 0 Å². The molecular weight excluding hydrogens is 501 g/mol. The maximum Gasteiger partial charge on any atom is 0.268 e. The molecule has 2 heterocycles. The Bertz CT molecular complexity index is 1400. The van der Waals surface area contributed by atoms with E-state index in [0.717, 1.165) is 10.4 Å². The van der Waals surface area contributed by atoms with Gasteiger partial charge in [0, 0.05) is 39.2 Å². The van der Waals surface area contributed by atoms with Gasteiger partial charge in [0.05, 0.1) is 5.02 Å². The fourth-order valence-electron chi connectivity index (χ4n) is 3.01. The maximum absolute atomic E-state index is 12.6. The summed E-state index contributed by atoms with van der Waals surface area (Å²) in [6.07, 6.45) is 3.69. The van der Waals surface area contributed by atoms with E-state index in [0.29, 0.717) is 43.7 Å². The highest BCUT2D eigenvalue weighted by Gasteiger charge is 2.14. The second kappa shape index (κ2) is 10.2. The van der Waals surface area contributed by atoms with Crippen molar-refractivity contribution in [3.63, 3.8) is 0 Å². The van der Waals surface area contributed by atoms with Crippen LogP contribution in [-0.4, -0.2) is 10.9 Å². The summed E-state index contributed by atoms with van der Waals surface area (Å²) < 4.78 is 5.74. The second-order valence-corrected chi connectivity index (χ2v) is 9.28. The van der Waals surface area contributed by atoms with Crippen molar-refractivity contribution >= 4 is 63.3 Å². The highest BCUT2D eigenvalue weighted by atomic mass is 35.5. The average molecular weight is 515 g/mol. The number of halogens is 3. The third-order valence-electron chi connectivity index (χ3n) is 4.52. The number of nitrogens with one attached hydrogen (secondary N) is 1. The van der Waals surface area contributed by atoms with Crippen LogP contribution in [0.15, 0.2) is 70.8 Å². The first-order chi connectivity index (χ1) is 15.9. The van der Waals surface area contributed by atoms with Crippen molar-refractivity contribution in [3.8, 4) is 17.4 Å². The Morgan fingerprint density at radius 1 is 1.12 bits per heavy atom. The van der Waals surface area contributed by atoms with Crippen molar-refractivity contribution in [3.05, 3.63) is 97.6 Å². The highest BCUT2D eigenvalue weighted by Crippen LogP contribution is 2.32. The summed E-state index contributed by atoms with van der Waals surface area (Å²) in [5, 5.41) is 14.1. The predicted octanol–water partition coefficient (Wildman–Crippen LogP) is 7.50. The van der Waals surface area contributed by atoms with Crippen LogP contribution in [0.3, 0.4) is 0 Å². The number of carbonyl (C=O) groups is 1. The third-order valence-corrected chi connectivity index (χ3v) is 6.21. The number of nitrogens with zero attached hydrogens (tertiary/aromatic N) is 2. The minimum Gasteiger partial charge on any atom is -0.457 e. The molecule has 4 rings (SSSR count). The fraction of sp³-hybridized carbons (Fsp3) is 0.0417. The fourth-order valence-corrected chi connectivity index (χ4v) is 4.57. The Morgan fingerprint density at radius 3 is 2.70 bits per heavy atom. The van der Waals surface area contributed by atoms with E-state index in [2.05, 4.69) is 10.3 Å². The molecule has 0 aliphatic rings. The van der Waals surface area contributed by atoms with Crippen molar-refractivity contribution in [2.24, 2.45) is 0 Å². The lowest BCUT2D eigenvalue weighted by Gasteiger charge is -2.01. The van der Waals surface area contributed by atoms with E-state index in [1.54, 1.807) is 36.5 Å². The first-order valence-electron chi connectivity index (χ1n) is 9.59. The summed E-state index contributed by atoms with van der Waals surface area (Å²) in [5.74, 6) is 0.248. The van der Waals surface area contributed by atoms with Gasteiger partial charge in [-0.3, -0.25) is 10.1 Å². The summed E-state index contributed by atoms with van der Waals surface area (Å²) in [6.45, 7) is 0. The standard InChI is InChI=1S/C24H14Cl3N3O2S/c25-16-3-1-2-14(8-16)9-19-13-29-24(33-19)30-23(31)15(12-28)10-18-5-7-22(32-18)20-6-4-17(26)11-21(20)27/h1-8,10-11,13H,9H2,(H,29,30,31). The molecule has 0 saturated heterocycles. The van der Waals surface area contributed by atoms with E-state index < -0.39 is 5.91 Å². The molecule has 0 radical (unpaired) electrons. The molecular formula is C24H14Cl3N3O2S. The minimum absolute atomic E-state index is 0.121. The van der Waals surface area contributed by atoms with Crippen LogP contribution >= 0.6 is 46.1 Å². The van der Waals surface area contributed by atoms with Gasteiger partial charge in [-0.1, -0.05) is 46.9 Å². The van der Waals surface area contributed by atoms with Crippen LogP contribution in [0.1, 0.15) is 16.2 Å². The molecule has 0 aliphatic heterocycles. The predicted molar refractivity (Wildman–Crippen MR) is 133 cm³/mol. The van der Waals surface area contributed by atoms with Gasteiger partial charge in [0.1, 0.15) is 23.2 Å². The molecule has 4 aromatic rings. The van der Waals surface area contributed by atoms with Gasteiger partial charge in [0.15, 0.2) is 5.13 Å². The summed E-state index contributed by atoms with van der Waals surface area (Å²) in [5.41, 5.74) is 1.57. The monoisotopic (exact) mass is 513 g/mol. The Labute approximate surface area is 208 Å². The van der Waals surface area contributed by atoms with Crippen molar-refractivity contribution in [1.29, 1.82) is 5.26 Å². The van der Waals surface area contributed by atoms with Gasteiger partial charge in [-0.25, -0.2) is 4.98 Å². The Morgan fingerprint density at radius 2 is 1.94 bits per heavy atom. The Hall–Kier alpha value is -3.08. The smallest absolute Gasteiger partial charge is 0.268 e. The number of furan rings is 1. The van der Waals surface area contributed by atoms with Crippen LogP contribution in [0.5, 0.6) is 0 Å². The summed E-state index contributed by atoms with van der Waals surface area (Å²) >= 11 is 19.5. The van der Waals surface area contributed by atoms with Gasteiger partial charge < -0.3 is 4.42 Å². The largest absolute Gasteiger partial charge is 0.457 e. The van der Waals surface area contributed by atoms with E-state index in [1.165, 1.54) is 17.4 Å². The molecule has 164 valence electrons. The number of hydrogen-bond donors (Lipinski definition) is 1. The van der Waals surface area contributed by atoms with Gasteiger partial charge >= 0.3 is 0 Å². The molecule has 0 unspecified atom stereocenters. The Kier molecular flexibility index (Phi) is 7.17. The molecule has 1 amide bonds. The zero-order chi connectivity index (χ0) is 23.4. The quantitative estimate of drug-likeness (QED) is 0.213. The van der Waals surface area contributed by atoms with Crippen LogP contribution in [0, 0.1) is 11.3 Å². The molecule has 0 bridgehead atoms. The third kappa shape index (κ3) is 5.84. The number of anilines is 1. The van der Waals surface area contributed by atoms with E-state index in [1.807, 2.05) is 30.3 Å². The topological polar surface area (TPSA) is 78.9 Å². The number of rotatable bonds is 6. The van der Waals surface area contributed by atoms with E-state index in [9.17, 15) is 10.1 Å². The summed E-state index contributed by atoms with van der Waals surface area (Å²) in [7, 11) is 0. The zero-order valence-corrected chi connectivity index (χ0v) is 19.9. The van der Waals surface area contributed by atoms with Gasteiger partial charge in [-0.05, 0) is 48.0 Å². The lowest BCUT2D eigenvalue weighted by Crippen LogP contribution is -2.13. The molecule has 0 fully saturated rings. The highest BCUT2D eigenvalue weighted by molar-refractivity contribution is 7.15. The number of carbonyl (C=O) groups excluding carboxylic acids is 1. The van der Waals surface area contributed by atoms with Crippen LogP contribution in [0.2, 0.25) is 15.1 Å². The number of nitriles is 1. The van der Waals surface area contributed by atoms with Crippen molar-refractivity contribution in [2.75, 3.05) is 5.32 Å². The molecule has 2 aromatic heterocycles. The number of benzene rings is 2. The van der Waals surface area contributed by atoms with Gasteiger partial charge in [0.25, 0.3) is 5.91 Å². The summed E-state index contributed by atoms with van der Waals surface area (Å²) in [6, 6.07) is 17.8. The van der Waals surface area contributed by atoms with Gasteiger partial charge in [0.2, 0.25) is 0 Å². The van der Waals surface area contributed by atoms with E-state index in [4.69, 9.17) is 39.2 Å². The molecule has 1 N–H and O–H groups in total. The minimum atomic E-state index is -0.580. The van der Waals surface area contributed by atoms with Crippen molar-refractivity contribution < 1.29 is 9.21 Å². The lowest BCUT2D eigenvalue weighted by molar-refractivity contribution is -0.112. The number of hydrogen-bond acceptors (Lipinski definition) is 5. The molecule has 0 atom stereocenters. The lowest BCUT2D eigenvalue weighted by atomic mass is 10.1. The van der Waals surface area contributed by atoms with Crippen LogP contribution in [0.25, 0.3) is 17.4 Å². The maximum atomic E-state index is 12.6. The molecule has 9 heteroatoms. The van der Waals surface area contributed by atoms with Gasteiger partial charge in [-0.15, -0.1) is 11.3 Å². The van der Waals surface area contributed by atoms with Gasteiger partial charge in [-0.2, -0.15) is 5.26 Å². The molecule has 2 aromatic carbocycles. The van der Waals surface area contributed by atoms with Crippen molar-refractivity contribution in [2.45, 2.75) is 6.42 Å². The first kappa shape index (κ1) is 23.1. The molecule has 0 spiro atoms. The van der Waals surface area contributed by atoms with Crippen LogP contribution in [-0.2, 0) is 11.2 Å². The number of thiazole rings is 1. The van der Waals surface area contributed by atoms with Crippen molar-refractivity contribution in [1.82, 2.24) is 4.98 Å². The number of aromatic nitrogens is 1. The molecule has 33 heavy (non-hydrogen) atoms. The summed E-state index contributed by atoms with van der Waals surface area (Å²) in [4.78, 5) is 17.8. The van der Waals surface area contributed by atoms with Crippen LogP contribution < -0.4 is 5.32 Å². The number of amides is 1. The normalized spacial score (nSPS) is 11.3. The molecule has 5 nitrogen and oxygen atoms in total. The van der Waals surface area contributed by atoms with E-state index in [-0.39, 0.29) is 5.57 Å². The average Bonchev–Trinajstić information content (AvgIpc) is 3.41. The Balaban J connectivity index is 1.46.